The van der Waals surface area contributed by atoms with Gasteiger partial charge in [-0.15, -0.1) is 0 Å². The molecule has 0 radical (unpaired) electrons. The zero-order valence-corrected chi connectivity index (χ0v) is 13.9. The van der Waals surface area contributed by atoms with Crippen LogP contribution < -0.4 is 14.8 Å². The topological polar surface area (TPSA) is 47.6 Å². The molecule has 1 aromatic carbocycles. The van der Waals surface area contributed by atoms with Gasteiger partial charge in [0.15, 0.2) is 11.5 Å². The van der Waals surface area contributed by atoms with Gasteiger partial charge >= 0.3 is 0 Å². The highest BCUT2D eigenvalue weighted by atomic mass is 79.9. The van der Waals surface area contributed by atoms with Crippen molar-refractivity contribution in [3.63, 3.8) is 0 Å². The van der Waals surface area contributed by atoms with Crippen LogP contribution in [0.5, 0.6) is 11.5 Å². The first-order chi connectivity index (χ1) is 10.2. The first-order valence-electron chi connectivity index (χ1n) is 7.55. The van der Waals surface area contributed by atoms with Gasteiger partial charge in [0.2, 0.25) is 5.91 Å². The Bertz CT molecular complexity index is 479. The van der Waals surface area contributed by atoms with Crippen LogP contribution in [-0.2, 0) is 4.79 Å². The fraction of sp³-hybridized carbons (Fsp3) is 0.562. The summed E-state index contributed by atoms with van der Waals surface area (Å²) in [6.45, 7) is 3.29. The molecule has 4 nitrogen and oxygen atoms in total. The molecular weight excluding hydrogens is 334 g/mol. The number of nitrogens with one attached hydrogen (secondary N) is 1. The number of anilines is 1. The lowest BCUT2D eigenvalue weighted by Gasteiger charge is -2.19. The van der Waals surface area contributed by atoms with Gasteiger partial charge in [-0.3, -0.25) is 4.79 Å². The van der Waals surface area contributed by atoms with Crippen molar-refractivity contribution < 1.29 is 14.3 Å². The number of rotatable bonds is 7. The molecule has 2 rings (SSSR count). The number of hydrogen-bond donors (Lipinski definition) is 1. The quantitative estimate of drug-likeness (QED) is 0.590. The molecular formula is C16H22BrNO3. The molecule has 1 heterocycles. The second kappa shape index (κ2) is 8.27. The number of ether oxygens (including phenoxy) is 2. The number of alkyl halides is 1. The Morgan fingerprint density at radius 3 is 2.76 bits per heavy atom. The van der Waals surface area contributed by atoms with E-state index in [1.165, 1.54) is 19.3 Å². The van der Waals surface area contributed by atoms with Gasteiger partial charge in [-0.1, -0.05) is 48.5 Å². The lowest BCUT2D eigenvalue weighted by Crippen LogP contribution is -2.23. The van der Waals surface area contributed by atoms with Crippen molar-refractivity contribution in [1.82, 2.24) is 0 Å². The Hall–Kier alpha value is -1.23. The minimum atomic E-state index is -0.150. The molecule has 1 atom stereocenters. The average Bonchev–Trinajstić information content (AvgIpc) is 2.51. The Morgan fingerprint density at radius 2 is 2.00 bits per heavy atom. The van der Waals surface area contributed by atoms with Crippen LogP contribution in [0.1, 0.15) is 39.0 Å². The van der Waals surface area contributed by atoms with Gasteiger partial charge in [-0.2, -0.15) is 0 Å². The van der Waals surface area contributed by atoms with E-state index >= 15 is 0 Å². The SMILES string of the molecule is CCCCCCC(Br)C(=O)Nc1ccc2c(c1)OCCO2. The summed E-state index contributed by atoms with van der Waals surface area (Å²) in [4.78, 5) is 12.0. The molecule has 5 heteroatoms. The van der Waals surface area contributed by atoms with Crippen molar-refractivity contribution in [3.05, 3.63) is 18.2 Å². The van der Waals surface area contributed by atoms with E-state index in [9.17, 15) is 4.79 Å². The average molecular weight is 356 g/mol. The highest BCUT2D eigenvalue weighted by Gasteiger charge is 2.16. The molecule has 0 aliphatic carbocycles. The summed E-state index contributed by atoms with van der Waals surface area (Å²) < 4.78 is 11.0. The Kier molecular flexibility index (Phi) is 6.36. The lowest BCUT2D eigenvalue weighted by molar-refractivity contribution is -0.115. The van der Waals surface area contributed by atoms with E-state index in [0.717, 1.165) is 24.3 Å². The molecule has 116 valence electrons. The van der Waals surface area contributed by atoms with Gasteiger partial charge in [-0.25, -0.2) is 0 Å². The monoisotopic (exact) mass is 355 g/mol. The van der Waals surface area contributed by atoms with Crippen LogP contribution in [-0.4, -0.2) is 23.9 Å². The molecule has 1 aliphatic rings. The highest BCUT2D eigenvalue weighted by Crippen LogP contribution is 2.32. The molecule has 1 unspecified atom stereocenters. The first kappa shape index (κ1) is 16.1. The van der Waals surface area contributed by atoms with Gasteiger partial charge in [-0.05, 0) is 18.6 Å². The standard InChI is InChI=1S/C16H22BrNO3/c1-2-3-4-5-6-13(17)16(19)18-12-7-8-14-15(11-12)21-10-9-20-14/h7-8,11,13H,2-6,9-10H2,1H3,(H,18,19). The van der Waals surface area contributed by atoms with Gasteiger partial charge < -0.3 is 14.8 Å². The maximum absolute atomic E-state index is 12.1. The van der Waals surface area contributed by atoms with Crippen molar-refractivity contribution in [2.45, 2.75) is 43.9 Å². The maximum Gasteiger partial charge on any atom is 0.238 e. The summed E-state index contributed by atoms with van der Waals surface area (Å²) in [6.07, 6.45) is 5.53. The third-order valence-electron chi connectivity index (χ3n) is 3.41. The van der Waals surface area contributed by atoms with Crippen LogP contribution in [0.2, 0.25) is 0 Å². The smallest absolute Gasteiger partial charge is 0.238 e. The van der Waals surface area contributed by atoms with E-state index in [1.54, 1.807) is 0 Å². The van der Waals surface area contributed by atoms with Crippen molar-refractivity contribution >= 4 is 27.5 Å². The first-order valence-corrected chi connectivity index (χ1v) is 8.47. The van der Waals surface area contributed by atoms with Crippen LogP contribution in [0.4, 0.5) is 5.69 Å². The number of hydrogen-bond acceptors (Lipinski definition) is 3. The summed E-state index contributed by atoms with van der Waals surface area (Å²) in [5.41, 5.74) is 0.738. The van der Waals surface area contributed by atoms with E-state index in [2.05, 4.69) is 28.2 Å². The van der Waals surface area contributed by atoms with Gasteiger partial charge in [0.1, 0.15) is 13.2 Å². The minimum Gasteiger partial charge on any atom is -0.486 e. The Morgan fingerprint density at radius 1 is 1.24 bits per heavy atom. The second-order valence-corrected chi connectivity index (χ2v) is 6.27. The van der Waals surface area contributed by atoms with Crippen molar-refractivity contribution in [1.29, 1.82) is 0 Å². The third kappa shape index (κ3) is 4.92. The molecule has 0 saturated carbocycles. The molecule has 1 aromatic rings. The second-order valence-electron chi connectivity index (χ2n) is 5.16. The van der Waals surface area contributed by atoms with E-state index in [-0.39, 0.29) is 10.7 Å². The van der Waals surface area contributed by atoms with Gasteiger partial charge in [0.25, 0.3) is 0 Å². The molecule has 1 aliphatic heterocycles. The number of halogens is 1. The van der Waals surface area contributed by atoms with E-state index in [0.29, 0.717) is 19.0 Å². The van der Waals surface area contributed by atoms with Crippen molar-refractivity contribution in [3.8, 4) is 11.5 Å². The predicted octanol–water partition coefficient (Wildman–Crippen LogP) is 4.13. The van der Waals surface area contributed by atoms with Crippen LogP contribution in [0.3, 0.4) is 0 Å². The van der Waals surface area contributed by atoms with Crippen LogP contribution in [0.25, 0.3) is 0 Å². The molecule has 1 N–H and O–H groups in total. The fourth-order valence-electron chi connectivity index (χ4n) is 2.22. The molecule has 0 fully saturated rings. The largest absolute Gasteiger partial charge is 0.486 e. The molecule has 0 bridgehead atoms. The number of amides is 1. The fourth-order valence-corrected chi connectivity index (χ4v) is 2.66. The van der Waals surface area contributed by atoms with E-state index < -0.39 is 0 Å². The number of fused-ring (bicyclic) bond motifs is 1. The van der Waals surface area contributed by atoms with E-state index in [1.807, 2.05) is 18.2 Å². The zero-order chi connectivity index (χ0) is 15.1. The highest BCUT2D eigenvalue weighted by molar-refractivity contribution is 9.10. The Balaban J connectivity index is 1.84. The number of benzene rings is 1. The van der Waals surface area contributed by atoms with Crippen LogP contribution in [0.15, 0.2) is 18.2 Å². The molecule has 21 heavy (non-hydrogen) atoms. The van der Waals surface area contributed by atoms with Gasteiger partial charge in [0.05, 0.1) is 4.83 Å². The summed E-state index contributed by atoms with van der Waals surface area (Å²) in [7, 11) is 0. The summed E-state index contributed by atoms with van der Waals surface area (Å²) >= 11 is 3.46. The predicted molar refractivity (Wildman–Crippen MR) is 87.5 cm³/mol. The van der Waals surface area contributed by atoms with E-state index in [4.69, 9.17) is 9.47 Å². The Labute approximate surface area is 134 Å². The number of carbonyl (C=O) groups excluding carboxylic acids is 1. The minimum absolute atomic E-state index is 0.0109. The molecule has 0 aromatic heterocycles. The third-order valence-corrected chi connectivity index (χ3v) is 4.28. The molecule has 1 amide bonds. The molecule has 0 saturated heterocycles. The normalized spacial score (nSPS) is 14.6. The maximum atomic E-state index is 12.1. The molecule has 0 spiro atoms. The van der Waals surface area contributed by atoms with Crippen molar-refractivity contribution in [2.75, 3.05) is 18.5 Å². The van der Waals surface area contributed by atoms with Crippen LogP contribution >= 0.6 is 15.9 Å². The number of carbonyl (C=O) groups is 1. The summed E-state index contributed by atoms with van der Waals surface area (Å²) in [5, 5.41) is 2.91. The summed E-state index contributed by atoms with van der Waals surface area (Å²) in [6, 6.07) is 5.47. The van der Waals surface area contributed by atoms with Crippen LogP contribution in [0, 0.1) is 0 Å². The summed E-state index contributed by atoms with van der Waals surface area (Å²) in [5.74, 6) is 1.41. The number of unbranched alkanes of at least 4 members (excludes halogenated alkanes) is 3. The van der Waals surface area contributed by atoms with Crippen molar-refractivity contribution in [2.24, 2.45) is 0 Å². The zero-order valence-electron chi connectivity index (χ0n) is 12.4. The lowest BCUT2D eigenvalue weighted by atomic mass is 10.1. The van der Waals surface area contributed by atoms with Gasteiger partial charge in [0, 0.05) is 11.8 Å².